The van der Waals surface area contributed by atoms with Gasteiger partial charge in [0.2, 0.25) is 5.89 Å². The van der Waals surface area contributed by atoms with Crippen LogP contribution in [-0.4, -0.2) is 42.4 Å². The van der Waals surface area contributed by atoms with Crippen molar-refractivity contribution >= 4 is 22.8 Å². The van der Waals surface area contributed by atoms with Crippen molar-refractivity contribution in [1.29, 1.82) is 0 Å². The molecule has 2 aromatic carbocycles. The number of fused-ring (bicyclic) bond motifs is 1. The van der Waals surface area contributed by atoms with Crippen LogP contribution in [0.5, 0.6) is 0 Å². The summed E-state index contributed by atoms with van der Waals surface area (Å²) in [7, 11) is 0. The third-order valence-corrected chi connectivity index (χ3v) is 4.09. The Labute approximate surface area is 138 Å². The number of nitrogens with zero attached hydrogens (tertiary/aromatic N) is 2. The van der Waals surface area contributed by atoms with Gasteiger partial charge in [-0.05, 0) is 24.3 Å². The van der Waals surface area contributed by atoms with E-state index in [1.165, 1.54) is 6.07 Å². The van der Waals surface area contributed by atoms with Crippen LogP contribution in [0.4, 0.5) is 5.69 Å². The molecule has 0 unspecified atom stereocenters. The molecule has 1 saturated heterocycles. The molecule has 1 N–H and O–H groups in total. The number of aromatic nitrogens is 1. The first-order valence-electron chi connectivity index (χ1n) is 7.78. The Kier molecular flexibility index (Phi) is 3.66. The number of aromatic carboxylic acids is 1. The van der Waals surface area contributed by atoms with Gasteiger partial charge in [-0.2, -0.15) is 0 Å². The number of anilines is 1. The van der Waals surface area contributed by atoms with E-state index in [0.717, 1.165) is 11.3 Å². The summed E-state index contributed by atoms with van der Waals surface area (Å²) in [6.07, 6.45) is 0. The lowest BCUT2D eigenvalue weighted by atomic mass is 10.1. The van der Waals surface area contributed by atoms with Crippen LogP contribution >= 0.6 is 0 Å². The quantitative estimate of drug-likeness (QED) is 0.798. The Morgan fingerprint density at radius 3 is 2.58 bits per heavy atom. The number of morpholine rings is 1. The van der Waals surface area contributed by atoms with Gasteiger partial charge in [-0.1, -0.05) is 18.2 Å². The van der Waals surface area contributed by atoms with E-state index >= 15 is 0 Å². The topological polar surface area (TPSA) is 75.8 Å². The van der Waals surface area contributed by atoms with Crippen molar-refractivity contribution in [1.82, 2.24) is 4.98 Å². The van der Waals surface area contributed by atoms with E-state index in [4.69, 9.17) is 9.15 Å². The average Bonchev–Trinajstić information content (AvgIpc) is 3.06. The van der Waals surface area contributed by atoms with E-state index < -0.39 is 5.97 Å². The van der Waals surface area contributed by atoms with Crippen molar-refractivity contribution in [3.05, 3.63) is 48.0 Å². The van der Waals surface area contributed by atoms with Gasteiger partial charge in [0.1, 0.15) is 5.52 Å². The van der Waals surface area contributed by atoms with Gasteiger partial charge in [0.25, 0.3) is 0 Å². The van der Waals surface area contributed by atoms with Gasteiger partial charge in [-0.25, -0.2) is 9.78 Å². The molecule has 1 aliphatic rings. The molecule has 6 nitrogen and oxygen atoms in total. The molecular formula is C18H16N2O4. The van der Waals surface area contributed by atoms with Crippen LogP contribution < -0.4 is 4.90 Å². The SMILES string of the molecule is O=C(O)c1cc(N2CCOCC2)c2nc(-c3ccccc3)oc2c1. The minimum Gasteiger partial charge on any atom is -0.478 e. The molecule has 0 aliphatic carbocycles. The van der Waals surface area contributed by atoms with Crippen LogP contribution in [-0.2, 0) is 4.74 Å². The molecule has 122 valence electrons. The van der Waals surface area contributed by atoms with Crippen LogP contribution in [0.3, 0.4) is 0 Å². The highest BCUT2D eigenvalue weighted by molar-refractivity contribution is 5.98. The first-order chi connectivity index (χ1) is 11.7. The summed E-state index contributed by atoms with van der Waals surface area (Å²) in [6, 6.07) is 12.8. The standard InChI is InChI=1S/C18H16N2O4/c21-18(22)13-10-14(20-6-8-23-9-7-20)16-15(11-13)24-17(19-16)12-4-2-1-3-5-12/h1-5,10-11H,6-9H2,(H,21,22). The van der Waals surface area contributed by atoms with Gasteiger partial charge in [0.05, 0.1) is 24.5 Å². The maximum atomic E-state index is 11.5. The minimum atomic E-state index is -0.982. The van der Waals surface area contributed by atoms with Crippen LogP contribution in [0.15, 0.2) is 46.9 Å². The number of ether oxygens (including phenoxy) is 1. The maximum Gasteiger partial charge on any atom is 0.335 e. The molecule has 0 saturated carbocycles. The Morgan fingerprint density at radius 1 is 1.12 bits per heavy atom. The predicted molar refractivity (Wildman–Crippen MR) is 89.4 cm³/mol. The molecule has 1 fully saturated rings. The summed E-state index contributed by atoms with van der Waals surface area (Å²) < 4.78 is 11.2. The second-order valence-electron chi connectivity index (χ2n) is 5.63. The molecule has 3 aromatic rings. The number of hydrogen-bond acceptors (Lipinski definition) is 5. The van der Waals surface area contributed by atoms with Crippen LogP contribution in [0.25, 0.3) is 22.6 Å². The molecule has 1 aromatic heterocycles. The van der Waals surface area contributed by atoms with Gasteiger partial charge in [0, 0.05) is 18.7 Å². The number of oxazole rings is 1. The predicted octanol–water partition coefficient (Wildman–Crippen LogP) is 3.03. The number of carboxylic acids is 1. The molecule has 0 radical (unpaired) electrons. The van der Waals surface area contributed by atoms with Crippen molar-refractivity contribution < 1.29 is 19.1 Å². The summed E-state index contributed by atoms with van der Waals surface area (Å²) in [5.74, 6) is -0.494. The number of benzene rings is 2. The van der Waals surface area contributed by atoms with Gasteiger partial charge in [0.15, 0.2) is 5.58 Å². The molecule has 4 rings (SSSR count). The Bertz CT molecular complexity index is 883. The van der Waals surface area contributed by atoms with E-state index in [-0.39, 0.29) is 5.56 Å². The lowest BCUT2D eigenvalue weighted by molar-refractivity contribution is 0.0697. The van der Waals surface area contributed by atoms with Crippen LogP contribution in [0, 0.1) is 0 Å². The van der Waals surface area contributed by atoms with Crippen molar-refractivity contribution in [2.75, 3.05) is 31.2 Å². The summed E-state index contributed by atoms with van der Waals surface area (Å²) in [6.45, 7) is 2.63. The van der Waals surface area contributed by atoms with E-state index in [1.807, 2.05) is 30.3 Å². The molecule has 0 amide bonds. The fourth-order valence-electron chi connectivity index (χ4n) is 2.88. The van der Waals surface area contributed by atoms with Gasteiger partial charge < -0.3 is 19.2 Å². The smallest absolute Gasteiger partial charge is 0.335 e. The first-order valence-corrected chi connectivity index (χ1v) is 7.78. The van der Waals surface area contributed by atoms with Crippen molar-refractivity contribution in [3.8, 4) is 11.5 Å². The summed E-state index contributed by atoms with van der Waals surface area (Å²) in [5, 5.41) is 9.39. The fraction of sp³-hybridized carbons (Fsp3) is 0.222. The molecule has 24 heavy (non-hydrogen) atoms. The number of carboxylic acid groups (broad SMARTS) is 1. The second-order valence-corrected chi connectivity index (χ2v) is 5.63. The van der Waals surface area contributed by atoms with Crippen molar-refractivity contribution in [2.45, 2.75) is 0 Å². The Balaban J connectivity index is 1.88. The molecular weight excluding hydrogens is 308 g/mol. The molecule has 1 aliphatic heterocycles. The zero-order valence-electron chi connectivity index (χ0n) is 12.9. The van der Waals surface area contributed by atoms with Crippen molar-refractivity contribution in [3.63, 3.8) is 0 Å². The van der Waals surface area contributed by atoms with Gasteiger partial charge in [-0.3, -0.25) is 0 Å². The van der Waals surface area contributed by atoms with E-state index in [0.29, 0.717) is 43.3 Å². The largest absolute Gasteiger partial charge is 0.478 e. The molecule has 2 heterocycles. The Morgan fingerprint density at radius 2 is 1.88 bits per heavy atom. The molecule has 6 heteroatoms. The number of carbonyl (C=O) groups is 1. The summed E-state index contributed by atoms with van der Waals surface area (Å²) in [4.78, 5) is 18.2. The minimum absolute atomic E-state index is 0.194. The summed E-state index contributed by atoms with van der Waals surface area (Å²) >= 11 is 0. The zero-order valence-corrected chi connectivity index (χ0v) is 12.9. The monoisotopic (exact) mass is 324 g/mol. The Hall–Kier alpha value is -2.86. The lowest BCUT2D eigenvalue weighted by Gasteiger charge is -2.29. The van der Waals surface area contributed by atoms with Crippen LogP contribution in [0.1, 0.15) is 10.4 Å². The third-order valence-electron chi connectivity index (χ3n) is 4.09. The normalized spacial score (nSPS) is 14.9. The van der Waals surface area contributed by atoms with Gasteiger partial charge in [-0.15, -0.1) is 0 Å². The second kappa shape index (κ2) is 5.98. The van der Waals surface area contributed by atoms with Crippen LogP contribution in [0.2, 0.25) is 0 Å². The molecule has 0 spiro atoms. The average molecular weight is 324 g/mol. The zero-order chi connectivity index (χ0) is 16.5. The lowest BCUT2D eigenvalue weighted by Crippen LogP contribution is -2.36. The highest BCUT2D eigenvalue weighted by Gasteiger charge is 2.21. The third kappa shape index (κ3) is 2.61. The maximum absolute atomic E-state index is 11.5. The van der Waals surface area contributed by atoms with Crippen molar-refractivity contribution in [2.24, 2.45) is 0 Å². The van der Waals surface area contributed by atoms with E-state index in [2.05, 4.69) is 9.88 Å². The van der Waals surface area contributed by atoms with Gasteiger partial charge >= 0.3 is 5.97 Å². The highest BCUT2D eigenvalue weighted by atomic mass is 16.5. The molecule has 0 atom stereocenters. The number of rotatable bonds is 3. The fourth-order valence-corrected chi connectivity index (χ4v) is 2.88. The first kappa shape index (κ1) is 14.7. The number of hydrogen-bond donors (Lipinski definition) is 1. The highest BCUT2D eigenvalue weighted by Crippen LogP contribution is 2.32. The summed E-state index contributed by atoms with van der Waals surface area (Å²) in [5.41, 5.74) is 2.99. The molecule has 0 bridgehead atoms. The van der Waals surface area contributed by atoms with E-state index in [9.17, 15) is 9.90 Å². The van der Waals surface area contributed by atoms with E-state index in [1.54, 1.807) is 6.07 Å².